The highest BCUT2D eigenvalue weighted by atomic mass is 79.9. The van der Waals surface area contributed by atoms with Gasteiger partial charge in [-0.3, -0.25) is 0 Å². The van der Waals surface area contributed by atoms with Gasteiger partial charge in [0.1, 0.15) is 11.6 Å². The zero-order valence-corrected chi connectivity index (χ0v) is 12.7. The maximum Gasteiger partial charge on any atom is 0.227 e. The number of halogens is 2. The summed E-state index contributed by atoms with van der Waals surface area (Å²) in [5.41, 5.74) is 1.08. The summed E-state index contributed by atoms with van der Waals surface area (Å²) in [4.78, 5) is 8.54. The van der Waals surface area contributed by atoms with Crippen molar-refractivity contribution in [2.75, 3.05) is 12.4 Å². The van der Waals surface area contributed by atoms with Crippen LogP contribution < -0.4 is 10.1 Å². The number of anilines is 2. The van der Waals surface area contributed by atoms with Gasteiger partial charge < -0.3 is 10.1 Å². The second-order valence-corrected chi connectivity index (χ2v) is 5.28. The van der Waals surface area contributed by atoms with E-state index in [-0.39, 0.29) is 5.82 Å². The molecule has 3 rings (SSSR count). The Labute approximate surface area is 129 Å². The zero-order valence-electron chi connectivity index (χ0n) is 11.1. The van der Waals surface area contributed by atoms with Crippen molar-refractivity contribution in [1.82, 2.24) is 9.97 Å². The number of rotatable bonds is 3. The van der Waals surface area contributed by atoms with Crippen LogP contribution in [-0.4, -0.2) is 17.1 Å². The summed E-state index contributed by atoms with van der Waals surface area (Å²) in [5.74, 6) is 0.711. The molecule has 1 aromatic heterocycles. The van der Waals surface area contributed by atoms with E-state index in [0.29, 0.717) is 16.1 Å². The summed E-state index contributed by atoms with van der Waals surface area (Å²) >= 11 is 3.22. The monoisotopic (exact) mass is 347 g/mol. The van der Waals surface area contributed by atoms with Gasteiger partial charge in [-0.15, -0.1) is 0 Å². The van der Waals surface area contributed by atoms with Crippen LogP contribution in [0, 0.1) is 5.82 Å². The third kappa shape index (κ3) is 2.95. The minimum Gasteiger partial charge on any atom is -0.497 e. The first-order valence-electron chi connectivity index (χ1n) is 6.18. The number of nitrogens with zero attached hydrogens (tertiary/aromatic N) is 2. The van der Waals surface area contributed by atoms with E-state index in [2.05, 4.69) is 31.2 Å². The normalized spacial score (nSPS) is 10.6. The van der Waals surface area contributed by atoms with Gasteiger partial charge in [0.05, 0.1) is 18.3 Å². The smallest absolute Gasteiger partial charge is 0.227 e. The first-order chi connectivity index (χ1) is 10.2. The Balaban J connectivity index is 1.94. The lowest BCUT2D eigenvalue weighted by Crippen LogP contribution is -1.99. The molecule has 3 aromatic rings. The number of fused-ring (bicyclic) bond motifs is 1. The Bertz CT molecular complexity index is 810. The molecule has 0 saturated heterocycles. The standard InChI is InChI=1S/C15H11BrFN3O/c1-21-11-3-5-13-9(6-11)8-18-15(19-13)20-14-4-2-10(16)7-12(14)17/h2-8H,1H3,(H,18,19,20). The fourth-order valence-electron chi connectivity index (χ4n) is 1.91. The molecule has 0 aliphatic rings. The minimum absolute atomic E-state index is 0.325. The third-order valence-electron chi connectivity index (χ3n) is 2.96. The molecule has 0 spiro atoms. The molecule has 0 fully saturated rings. The number of aromatic nitrogens is 2. The van der Waals surface area contributed by atoms with E-state index in [1.165, 1.54) is 6.07 Å². The van der Waals surface area contributed by atoms with E-state index < -0.39 is 0 Å². The Kier molecular flexibility index (Phi) is 3.70. The quantitative estimate of drug-likeness (QED) is 0.767. The van der Waals surface area contributed by atoms with Crippen molar-refractivity contribution in [2.24, 2.45) is 0 Å². The van der Waals surface area contributed by atoms with Gasteiger partial charge in [0, 0.05) is 16.1 Å². The highest BCUT2D eigenvalue weighted by Gasteiger charge is 2.06. The van der Waals surface area contributed by atoms with Crippen molar-refractivity contribution in [3.05, 3.63) is 52.9 Å². The Morgan fingerprint density at radius 3 is 2.81 bits per heavy atom. The molecule has 2 aromatic carbocycles. The van der Waals surface area contributed by atoms with E-state index in [1.807, 2.05) is 18.2 Å². The first kappa shape index (κ1) is 13.8. The van der Waals surface area contributed by atoms with Gasteiger partial charge in [0.25, 0.3) is 0 Å². The molecule has 6 heteroatoms. The van der Waals surface area contributed by atoms with E-state index in [9.17, 15) is 4.39 Å². The van der Waals surface area contributed by atoms with Gasteiger partial charge in [-0.05, 0) is 36.4 Å². The van der Waals surface area contributed by atoms with Crippen molar-refractivity contribution in [1.29, 1.82) is 0 Å². The molecular formula is C15H11BrFN3O. The summed E-state index contributed by atoms with van der Waals surface area (Å²) in [6.45, 7) is 0. The number of nitrogens with one attached hydrogen (secondary N) is 1. The van der Waals surface area contributed by atoms with Gasteiger partial charge >= 0.3 is 0 Å². The lowest BCUT2D eigenvalue weighted by atomic mass is 10.2. The maximum atomic E-state index is 13.8. The molecule has 1 heterocycles. The topological polar surface area (TPSA) is 47.0 Å². The van der Waals surface area contributed by atoms with Crippen LogP contribution in [0.5, 0.6) is 5.75 Å². The number of ether oxygens (including phenoxy) is 1. The average Bonchev–Trinajstić information content (AvgIpc) is 2.49. The number of methoxy groups -OCH3 is 1. The fraction of sp³-hybridized carbons (Fsp3) is 0.0667. The van der Waals surface area contributed by atoms with Crippen molar-refractivity contribution in [3.63, 3.8) is 0 Å². The molecule has 0 aliphatic carbocycles. The van der Waals surface area contributed by atoms with Crippen molar-refractivity contribution in [3.8, 4) is 5.75 Å². The number of benzene rings is 2. The molecule has 0 radical (unpaired) electrons. The molecular weight excluding hydrogens is 337 g/mol. The Morgan fingerprint density at radius 1 is 1.19 bits per heavy atom. The van der Waals surface area contributed by atoms with Gasteiger partial charge in [-0.1, -0.05) is 15.9 Å². The van der Waals surface area contributed by atoms with Crippen LogP contribution >= 0.6 is 15.9 Å². The summed E-state index contributed by atoms with van der Waals surface area (Å²) in [6.07, 6.45) is 1.67. The summed E-state index contributed by atoms with van der Waals surface area (Å²) in [5, 5.41) is 3.73. The van der Waals surface area contributed by atoms with Gasteiger partial charge in [0.2, 0.25) is 5.95 Å². The van der Waals surface area contributed by atoms with Crippen molar-refractivity contribution in [2.45, 2.75) is 0 Å². The first-order valence-corrected chi connectivity index (χ1v) is 6.98. The van der Waals surface area contributed by atoms with Crippen molar-refractivity contribution >= 4 is 38.5 Å². The summed E-state index contributed by atoms with van der Waals surface area (Å²) in [7, 11) is 1.61. The molecule has 0 bridgehead atoms. The molecule has 21 heavy (non-hydrogen) atoms. The van der Waals surface area contributed by atoms with Gasteiger partial charge in [0.15, 0.2) is 0 Å². The average molecular weight is 348 g/mol. The SMILES string of the molecule is COc1ccc2nc(Nc3ccc(Br)cc3F)ncc2c1. The van der Waals surface area contributed by atoms with Crippen LogP contribution in [-0.2, 0) is 0 Å². The lowest BCUT2D eigenvalue weighted by molar-refractivity contribution is 0.415. The molecule has 106 valence electrons. The molecule has 0 saturated carbocycles. The van der Waals surface area contributed by atoms with E-state index in [0.717, 1.165) is 16.7 Å². The molecule has 0 amide bonds. The summed E-state index contributed by atoms with van der Waals surface area (Å²) < 4.78 is 19.6. The zero-order chi connectivity index (χ0) is 14.8. The molecule has 4 nitrogen and oxygen atoms in total. The van der Waals surface area contributed by atoms with E-state index in [1.54, 1.807) is 25.4 Å². The van der Waals surface area contributed by atoms with Gasteiger partial charge in [-0.25, -0.2) is 14.4 Å². The highest BCUT2D eigenvalue weighted by molar-refractivity contribution is 9.10. The number of hydrogen-bond donors (Lipinski definition) is 1. The second-order valence-electron chi connectivity index (χ2n) is 4.37. The van der Waals surface area contributed by atoms with Crippen LogP contribution in [0.2, 0.25) is 0 Å². The third-order valence-corrected chi connectivity index (χ3v) is 3.46. The highest BCUT2D eigenvalue weighted by Crippen LogP contribution is 2.23. The van der Waals surface area contributed by atoms with Crippen LogP contribution in [0.4, 0.5) is 16.0 Å². The predicted molar refractivity (Wildman–Crippen MR) is 83.5 cm³/mol. The second kappa shape index (κ2) is 5.65. The Morgan fingerprint density at radius 2 is 2.05 bits per heavy atom. The maximum absolute atomic E-state index is 13.8. The van der Waals surface area contributed by atoms with Crippen LogP contribution in [0.1, 0.15) is 0 Å². The Hall–Kier alpha value is -2.21. The van der Waals surface area contributed by atoms with E-state index >= 15 is 0 Å². The fourth-order valence-corrected chi connectivity index (χ4v) is 2.24. The molecule has 0 atom stereocenters. The largest absolute Gasteiger partial charge is 0.497 e. The predicted octanol–water partition coefficient (Wildman–Crippen LogP) is 4.28. The van der Waals surface area contributed by atoms with Crippen LogP contribution in [0.25, 0.3) is 10.9 Å². The molecule has 0 aliphatic heterocycles. The van der Waals surface area contributed by atoms with Crippen LogP contribution in [0.15, 0.2) is 47.1 Å². The summed E-state index contributed by atoms with van der Waals surface area (Å²) in [6, 6.07) is 10.3. The number of hydrogen-bond acceptors (Lipinski definition) is 4. The lowest BCUT2D eigenvalue weighted by Gasteiger charge is -2.07. The van der Waals surface area contributed by atoms with Crippen molar-refractivity contribution < 1.29 is 9.13 Å². The van der Waals surface area contributed by atoms with E-state index in [4.69, 9.17) is 4.74 Å². The molecule has 0 unspecified atom stereocenters. The minimum atomic E-state index is -0.372. The molecule has 1 N–H and O–H groups in total. The van der Waals surface area contributed by atoms with Gasteiger partial charge in [-0.2, -0.15) is 0 Å². The van der Waals surface area contributed by atoms with Crippen LogP contribution in [0.3, 0.4) is 0 Å².